The van der Waals surface area contributed by atoms with E-state index in [2.05, 4.69) is 16.9 Å². The van der Waals surface area contributed by atoms with Crippen LogP contribution in [0, 0.1) is 23.7 Å². The molecule has 3 aliphatic heterocycles. The van der Waals surface area contributed by atoms with Crippen molar-refractivity contribution in [2.75, 3.05) is 53.6 Å². The first-order valence-electron chi connectivity index (χ1n) is 14.9. The van der Waals surface area contributed by atoms with Gasteiger partial charge < -0.3 is 75.1 Å². The smallest absolute Gasteiger partial charge is 0.337 e. The molecule has 17 heteroatoms. The maximum atomic E-state index is 12.8. The number of methoxy groups -OCH3 is 1. The molecule has 11 atom stereocenters. The molecule has 3 heterocycles. The predicted octanol–water partition coefficient (Wildman–Crippen LogP) is -5.67. The topological polar surface area (TPSA) is 259 Å². The molecular formula is C29H46N4O13. The van der Waals surface area contributed by atoms with E-state index in [0.717, 1.165) is 11.2 Å². The quantitative estimate of drug-likeness (QED) is 0.0302. The third kappa shape index (κ3) is 8.23. The third-order valence-corrected chi connectivity index (χ3v) is 8.48. The summed E-state index contributed by atoms with van der Waals surface area (Å²) in [5, 5.41) is 66.1. The highest BCUT2D eigenvalue weighted by Crippen LogP contribution is 2.38. The summed E-state index contributed by atoms with van der Waals surface area (Å²) in [7, 11) is 2.64. The number of likely N-dealkylation sites (tertiary alicyclic amines) is 1. The molecule has 3 aliphatic rings. The lowest BCUT2D eigenvalue weighted by Gasteiger charge is -2.47. The fraction of sp³-hybridized carbons (Fsp3) is 0.690. The van der Waals surface area contributed by atoms with E-state index in [1.807, 2.05) is 0 Å². The number of hydrogen-bond acceptors (Lipinski definition) is 14. The molecule has 0 aromatic heterocycles. The number of carbonyl (C=O) groups excluding carboxylic acids is 2. The van der Waals surface area contributed by atoms with Crippen molar-refractivity contribution in [3.8, 4) is 0 Å². The van der Waals surface area contributed by atoms with E-state index in [1.54, 1.807) is 19.1 Å². The molecule has 0 amide bonds. The van der Waals surface area contributed by atoms with Gasteiger partial charge in [-0.3, -0.25) is 4.99 Å². The van der Waals surface area contributed by atoms with Crippen molar-refractivity contribution in [3.63, 3.8) is 0 Å². The highest BCUT2D eigenvalue weighted by molar-refractivity contribution is 5.89. The Hall–Kier alpha value is -3.13. The van der Waals surface area contributed by atoms with E-state index in [9.17, 15) is 40.2 Å². The number of hydrogen-bond donors (Lipinski definition) is 8. The molecule has 0 aromatic rings. The summed E-state index contributed by atoms with van der Waals surface area (Å²) >= 11 is 0. The van der Waals surface area contributed by atoms with E-state index in [1.165, 1.54) is 20.2 Å². The Balaban J connectivity index is 2.00. The average molecular weight is 659 g/mol. The van der Waals surface area contributed by atoms with Gasteiger partial charge in [-0.05, 0) is 6.92 Å². The lowest BCUT2D eigenvalue weighted by atomic mass is 9.79. The first kappa shape index (κ1) is 37.3. The summed E-state index contributed by atoms with van der Waals surface area (Å²) in [6.07, 6.45) is -1.90. The second-order valence-corrected chi connectivity index (χ2v) is 11.3. The molecule has 0 spiro atoms. The second kappa shape index (κ2) is 16.6. The minimum absolute atomic E-state index is 0.0189. The molecule has 2 fully saturated rings. The van der Waals surface area contributed by atoms with Crippen LogP contribution in [-0.4, -0.2) is 140 Å². The molecule has 0 aromatic carbocycles. The summed E-state index contributed by atoms with van der Waals surface area (Å²) in [5.41, 5.74) is 5.99. The number of piperidine rings is 1. The molecule has 0 bridgehead atoms. The van der Waals surface area contributed by atoms with Gasteiger partial charge in [-0.2, -0.15) is 0 Å². The van der Waals surface area contributed by atoms with Gasteiger partial charge in [0.2, 0.25) is 12.1 Å². The van der Waals surface area contributed by atoms with Crippen molar-refractivity contribution in [1.29, 1.82) is 0 Å². The van der Waals surface area contributed by atoms with Gasteiger partial charge in [0, 0.05) is 25.5 Å². The van der Waals surface area contributed by atoms with Gasteiger partial charge in [-0.25, -0.2) is 4.79 Å². The number of ether oxygens (including phenoxy) is 5. The third-order valence-electron chi connectivity index (χ3n) is 8.48. The lowest BCUT2D eigenvalue weighted by Crippen LogP contribution is -3.16. The van der Waals surface area contributed by atoms with Gasteiger partial charge in [0.25, 0.3) is 0 Å². The molecule has 0 aliphatic carbocycles. The normalized spacial score (nSPS) is 36.4. The van der Waals surface area contributed by atoms with E-state index < -0.39 is 84.9 Å². The second-order valence-electron chi connectivity index (χ2n) is 11.3. The number of aliphatic imine (C=N–C) groups is 1. The number of carbonyl (C=O) groups is 2. The van der Waals surface area contributed by atoms with Gasteiger partial charge in [0.15, 0.2) is 18.4 Å². The van der Waals surface area contributed by atoms with Gasteiger partial charge in [-0.1, -0.05) is 18.2 Å². The van der Waals surface area contributed by atoms with Crippen molar-refractivity contribution in [2.45, 2.75) is 49.6 Å². The van der Waals surface area contributed by atoms with Crippen LogP contribution in [0.4, 0.5) is 0 Å². The van der Waals surface area contributed by atoms with Gasteiger partial charge in [-0.15, -0.1) is 6.58 Å². The summed E-state index contributed by atoms with van der Waals surface area (Å²) in [4.78, 5) is 29.7. The number of aliphatic hydroxyl groups is 5. The maximum Gasteiger partial charge on any atom is 0.337 e. The van der Waals surface area contributed by atoms with Crippen molar-refractivity contribution in [2.24, 2.45) is 34.4 Å². The Bertz CT molecular complexity index is 1150. The van der Waals surface area contributed by atoms with Crippen LogP contribution in [0.15, 0.2) is 41.6 Å². The van der Waals surface area contributed by atoms with E-state index in [-0.39, 0.29) is 37.8 Å². The molecular weight excluding hydrogens is 612 g/mol. The van der Waals surface area contributed by atoms with Crippen LogP contribution in [-0.2, 0) is 33.3 Å². The Labute approximate surface area is 266 Å². The van der Waals surface area contributed by atoms with Crippen LogP contribution >= 0.6 is 0 Å². The van der Waals surface area contributed by atoms with Gasteiger partial charge >= 0.3 is 5.97 Å². The molecule has 260 valence electrons. The molecule has 46 heavy (non-hydrogen) atoms. The molecule has 3 rings (SSSR count). The molecule has 0 saturated carbocycles. The molecule has 0 radical (unpaired) electrons. The maximum absolute atomic E-state index is 12.8. The zero-order valence-corrected chi connectivity index (χ0v) is 26.1. The number of aliphatic hydroxyl groups excluding tert-OH is 3. The van der Waals surface area contributed by atoms with Crippen LogP contribution in [0.1, 0.15) is 6.92 Å². The number of quaternary nitrogens is 1. The van der Waals surface area contributed by atoms with Crippen molar-refractivity contribution in [3.05, 3.63) is 36.6 Å². The van der Waals surface area contributed by atoms with Crippen LogP contribution < -0.4 is 21.1 Å². The van der Waals surface area contributed by atoms with E-state index in [4.69, 9.17) is 29.4 Å². The Morgan fingerprint density at radius 2 is 2.00 bits per heavy atom. The van der Waals surface area contributed by atoms with Crippen molar-refractivity contribution in [1.82, 2.24) is 5.32 Å². The molecule has 11 unspecified atom stereocenters. The minimum Gasteiger partial charge on any atom is -0.550 e. The fourth-order valence-electron chi connectivity index (χ4n) is 6.09. The van der Waals surface area contributed by atoms with Crippen LogP contribution in [0.5, 0.6) is 0 Å². The van der Waals surface area contributed by atoms with E-state index in [0.29, 0.717) is 6.54 Å². The molecule has 2 saturated heterocycles. The number of nitrogens with one attached hydrogen (secondary N) is 2. The summed E-state index contributed by atoms with van der Waals surface area (Å²) in [5.74, 6) is -8.07. The number of nitrogens with zero attached hydrogens (tertiary/aromatic N) is 1. The highest BCUT2D eigenvalue weighted by atomic mass is 16.8. The fourth-order valence-corrected chi connectivity index (χ4v) is 6.09. The number of carboxylic acids is 1. The monoisotopic (exact) mass is 658 g/mol. The standard InChI is InChI=1S/C29H46N4O13/c1-5-16-17(8-7-15-11-33(9-10-34)12-18(24(37)38)21(15)32-28(30)31-3)19(25(39)42-4)14-44-26(16)46-27-23(43-6-2)29(40,41)22(36)20(13-35)45-27/h5,7-8,14-18,20-23,26-27,34-36,40-41H,1,6,9-13H2,2-4H3,(H,37,38)(H3,30,31,32). The number of rotatable bonds is 13. The highest BCUT2D eigenvalue weighted by Gasteiger charge is 2.57. The zero-order valence-electron chi connectivity index (χ0n) is 26.1. The predicted molar refractivity (Wildman–Crippen MR) is 156 cm³/mol. The van der Waals surface area contributed by atoms with Crippen LogP contribution in [0.3, 0.4) is 0 Å². The number of aliphatic carboxylic acids is 1. The Morgan fingerprint density at radius 1 is 1.28 bits per heavy atom. The van der Waals surface area contributed by atoms with Gasteiger partial charge in [0.1, 0.15) is 18.8 Å². The minimum atomic E-state index is -2.87. The van der Waals surface area contributed by atoms with Crippen molar-refractivity contribution < 1.29 is 68.8 Å². The van der Waals surface area contributed by atoms with Crippen LogP contribution in [0.25, 0.3) is 0 Å². The van der Waals surface area contributed by atoms with Gasteiger partial charge in [0.05, 0.1) is 69.1 Å². The Morgan fingerprint density at radius 3 is 2.57 bits per heavy atom. The Kier molecular flexibility index (Phi) is 13.5. The first-order chi connectivity index (χ1) is 21.9. The average Bonchev–Trinajstić information content (AvgIpc) is 3.03. The number of carboxylic acid groups (broad SMARTS) is 1. The molecule has 17 nitrogen and oxygen atoms in total. The number of nitrogens with two attached hydrogens (primary N) is 1. The molecule has 9 N–H and O–H groups in total. The lowest BCUT2D eigenvalue weighted by molar-refractivity contribution is -0.911. The van der Waals surface area contributed by atoms with E-state index >= 15 is 0 Å². The van der Waals surface area contributed by atoms with Crippen LogP contribution in [0.2, 0.25) is 0 Å². The SMILES string of the molecule is C=CC1C(OC2OC(CO)C(O)C(O)(O)C2OCC)OC=C(C(=O)OC)C1C=CC1C[NH+](CCO)CC(C(=O)[O-])C1NC(N)=NC. The number of esters is 1. The number of allylic oxidation sites excluding steroid dienone is 1. The van der Waals surface area contributed by atoms with Crippen molar-refractivity contribution >= 4 is 17.9 Å². The number of guanidine groups is 1. The first-order valence-corrected chi connectivity index (χ1v) is 14.9. The summed E-state index contributed by atoms with van der Waals surface area (Å²) < 4.78 is 27.8. The summed E-state index contributed by atoms with van der Waals surface area (Å²) in [6.45, 7) is 5.33. The summed E-state index contributed by atoms with van der Waals surface area (Å²) in [6, 6.07) is -0.751. The largest absolute Gasteiger partial charge is 0.550 e. The zero-order chi connectivity index (χ0) is 34.2.